The number of ether oxygens (including phenoxy) is 1. The lowest BCUT2D eigenvalue weighted by Crippen LogP contribution is -2.48. The molecule has 0 saturated carbocycles. The lowest BCUT2D eigenvalue weighted by atomic mass is 9.78. The number of piperidine rings is 1. The number of rotatable bonds is 5. The molecule has 2 unspecified atom stereocenters. The Balaban J connectivity index is 1.78. The second-order valence-corrected chi connectivity index (χ2v) is 6.32. The second-order valence-electron chi connectivity index (χ2n) is 6.32. The minimum absolute atomic E-state index is 0.481. The van der Waals surface area contributed by atoms with E-state index >= 15 is 0 Å². The molecule has 18 heavy (non-hydrogen) atoms. The molecule has 2 atom stereocenters. The molecule has 3 heteroatoms. The highest BCUT2D eigenvalue weighted by Gasteiger charge is 2.31. The van der Waals surface area contributed by atoms with E-state index in [1.165, 1.54) is 58.2 Å². The van der Waals surface area contributed by atoms with Crippen LogP contribution in [0.25, 0.3) is 0 Å². The summed E-state index contributed by atoms with van der Waals surface area (Å²) in [5.74, 6) is 0. The minimum atomic E-state index is 0.481. The van der Waals surface area contributed by atoms with E-state index in [4.69, 9.17) is 4.74 Å². The normalized spacial score (nSPS) is 33.8. The Kier molecular flexibility index (Phi) is 5.46. The highest BCUT2D eigenvalue weighted by Crippen LogP contribution is 2.31. The van der Waals surface area contributed by atoms with Crippen LogP contribution in [-0.4, -0.2) is 50.8 Å². The molecule has 3 nitrogen and oxygen atoms in total. The monoisotopic (exact) mass is 254 g/mol. The molecule has 2 rings (SSSR count). The molecule has 0 bridgehead atoms. The molecule has 2 aliphatic rings. The van der Waals surface area contributed by atoms with Gasteiger partial charge in [-0.05, 0) is 57.5 Å². The van der Waals surface area contributed by atoms with Gasteiger partial charge in [-0.25, -0.2) is 0 Å². The lowest BCUT2D eigenvalue weighted by Gasteiger charge is -2.41. The molecule has 2 saturated heterocycles. The molecule has 0 aromatic rings. The molecule has 0 aromatic carbocycles. The van der Waals surface area contributed by atoms with Gasteiger partial charge < -0.3 is 15.0 Å². The van der Waals surface area contributed by atoms with E-state index < -0.39 is 0 Å². The van der Waals surface area contributed by atoms with Gasteiger partial charge in [0.15, 0.2) is 0 Å². The van der Waals surface area contributed by atoms with Gasteiger partial charge in [0.1, 0.15) is 0 Å². The van der Waals surface area contributed by atoms with Crippen LogP contribution in [0.1, 0.15) is 45.4 Å². The van der Waals surface area contributed by atoms with Gasteiger partial charge in [0.2, 0.25) is 0 Å². The average molecular weight is 254 g/mol. The van der Waals surface area contributed by atoms with Gasteiger partial charge in [-0.3, -0.25) is 0 Å². The van der Waals surface area contributed by atoms with E-state index in [-0.39, 0.29) is 0 Å². The van der Waals surface area contributed by atoms with Crippen LogP contribution in [0.4, 0.5) is 0 Å². The molecule has 2 heterocycles. The van der Waals surface area contributed by atoms with Gasteiger partial charge in [-0.2, -0.15) is 0 Å². The van der Waals surface area contributed by atoms with Crippen LogP contribution < -0.4 is 5.32 Å². The van der Waals surface area contributed by atoms with Crippen molar-refractivity contribution >= 4 is 0 Å². The van der Waals surface area contributed by atoms with E-state index in [2.05, 4.69) is 24.2 Å². The summed E-state index contributed by atoms with van der Waals surface area (Å²) in [6.45, 7) is 8.05. The average Bonchev–Trinajstić information content (AvgIpc) is 2.41. The third-order valence-corrected chi connectivity index (χ3v) is 4.71. The quantitative estimate of drug-likeness (QED) is 0.814. The minimum Gasteiger partial charge on any atom is -0.377 e. The Labute approximate surface area is 112 Å². The van der Waals surface area contributed by atoms with Crippen molar-refractivity contribution in [3.8, 4) is 0 Å². The van der Waals surface area contributed by atoms with Gasteiger partial charge in [-0.15, -0.1) is 0 Å². The fourth-order valence-electron chi connectivity index (χ4n) is 3.52. The van der Waals surface area contributed by atoms with Crippen LogP contribution in [0.5, 0.6) is 0 Å². The standard InChI is InChI=1S/C15H30N2O/c1-3-15(8-6-9-16-12-15)13-17(2)11-14-7-4-5-10-18-14/h14,16H,3-13H2,1-2H3. The molecular weight excluding hydrogens is 224 g/mol. The Bertz CT molecular complexity index is 233. The first-order valence-corrected chi connectivity index (χ1v) is 7.75. The number of likely N-dealkylation sites (N-methyl/N-ethyl adjacent to an activating group) is 1. The van der Waals surface area contributed by atoms with Crippen LogP contribution in [0.3, 0.4) is 0 Å². The third-order valence-electron chi connectivity index (χ3n) is 4.71. The molecule has 2 fully saturated rings. The fourth-order valence-corrected chi connectivity index (χ4v) is 3.52. The molecule has 1 N–H and O–H groups in total. The molecular formula is C15H30N2O. The molecule has 106 valence electrons. The van der Waals surface area contributed by atoms with E-state index in [1.54, 1.807) is 0 Å². The van der Waals surface area contributed by atoms with Crippen molar-refractivity contribution < 1.29 is 4.74 Å². The zero-order chi connectivity index (χ0) is 12.8. The van der Waals surface area contributed by atoms with Crippen molar-refractivity contribution in [2.75, 3.05) is 39.8 Å². The second kappa shape index (κ2) is 6.88. The summed E-state index contributed by atoms with van der Waals surface area (Å²) in [7, 11) is 2.27. The van der Waals surface area contributed by atoms with Crippen LogP contribution >= 0.6 is 0 Å². The lowest BCUT2D eigenvalue weighted by molar-refractivity contribution is -0.00986. The zero-order valence-electron chi connectivity index (χ0n) is 12.2. The van der Waals surface area contributed by atoms with Gasteiger partial charge in [0, 0.05) is 26.2 Å². The first-order chi connectivity index (χ1) is 8.74. The van der Waals surface area contributed by atoms with Crippen LogP contribution in [0, 0.1) is 5.41 Å². The summed E-state index contributed by atoms with van der Waals surface area (Å²) in [5.41, 5.74) is 0.502. The van der Waals surface area contributed by atoms with E-state index in [0.717, 1.165) is 13.2 Å². The maximum Gasteiger partial charge on any atom is 0.0701 e. The first kappa shape index (κ1) is 14.3. The predicted molar refractivity (Wildman–Crippen MR) is 75.9 cm³/mol. The topological polar surface area (TPSA) is 24.5 Å². The summed E-state index contributed by atoms with van der Waals surface area (Å²) >= 11 is 0. The number of nitrogens with one attached hydrogen (secondary N) is 1. The van der Waals surface area contributed by atoms with Crippen molar-refractivity contribution in [1.29, 1.82) is 0 Å². The van der Waals surface area contributed by atoms with Crippen molar-refractivity contribution in [3.05, 3.63) is 0 Å². The van der Waals surface area contributed by atoms with Gasteiger partial charge in [0.05, 0.1) is 6.10 Å². The van der Waals surface area contributed by atoms with Gasteiger partial charge in [0.25, 0.3) is 0 Å². The SMILES string of the molecule is CCC1(CN(C)CC2CCCCO2)CCCNC1. The Morgan fingerprint density at radius 2 is 2.22 bits per heavy atom. The maximum atomic E-state index is 5.85. The molecule has 0 radical (unpaired) electrons. The highest BCUT2D eigenvalue weighted by molar-refractivity contribution is 4.87. The molecule has 0 spiro atoms. The van der Waals surface area contributed by atoms with Crippen molar-refractivity contribution in [3.63, 3.8) is 0 Å². The van der Waals surface area contributed by atoms with Crippen molar-refractivity contribution in [2.24, 2.45) is 5.41 Å². The van der Waals surface area contributed by atoms with Crippen molar-refractivity contribution in [2.45, 2.75) is 51.6 Å². The third kappa shape index (κ3) is 3.94. The summed E-state index contributed by atoms with van der Waals surface area (Å²) < 4.78 is 5.85. The first-order valence-electron chi connectivity index (χ1n) is 7.75. The summed E-state index contributed by atoms with van der Waals surface area (Å²) in [6, 6.07) is 0. The van der Waals surface area contributed by atoms with Crippen LogP contribution in [-0.2, 0) is 4.74 Å². The van der Waals surface area contributed by atoms with Crippen LogP contribution in [0.15, 0.2) is 0 Å². The number of hydrogen-bond donors (Lipinski definition) is 1. The Hall–Kier alpha value is -0.120. The Morgan fingerprint density at radius 1 is 1.33 bits per heavy atom. The van der Waals surface area contributed by atoms with Gasteiger partial charge in [-0.1, -0.05) is 6.92 Å². The molecule has 0 amide bonds. The van der Waals surface area contributed by atoms with Crippen molar-refractivity contribution in [1.82, 2.24) is 10.2 Å². The number of nitrogens with zero attached hydrogens (tertiary/aromatic N) is 1. The Morgan fingerprint density at radius 3 is 2.83 bits per heavy atom. The highest BCUT2D eigenvalue weighted by atomic mass is 16.5. The van der Waals surface area contributed by atoms with E-state index in [9.17, 15) is 0 Å². The zero-order valence-corrected chi connectivity index (χ0v) is 12.2. The van der Waals surface area contributed by atoms with E-state index in [0.29, 0.717) is 11.5 Å². The summed E-state index contributed by atoms with van der Waals surface area (Å²) in [4.78, 5) is 2.51. The maximum absolute atomic E-state index is 5.85. The smallest absolute Gasteiger partial charge is 0.0701 e. The largest absolute Gasteiger partial charge is 0.377 e. The molecule has 2 aliphatic heterocycles. The number of hydrogen-bond acceptors (Lipinski definition) is 3. The fraction of sp³-hybridized carbons (Fsp3) is 1.00. The van der Waals surface area contributed by atoms with E-state index in [1.807, 2.05) is 0 Å². The molecule has 0 aliphatic carbocycles. The summed E-state index contributed by atoms with van der Waals surface area (Å²) in [6.07, 6.45) is 8.34. The predicted octanol–water partition coefficient (Wildman–Crippen LogP) is 2.27. The van der Waals surface area contributed by atoms with Crippen LogP contribution in [0.2, 0.25) is 0 Å². The van der Waals surface area contributed by atoms with Gasteiger partial charge >= 0.3 is 0 Å². The summed E-state index contributed by atoms with van der Waals surface area (Å²) in [5, 5.41) is 3.58. The molecule has 0 aromatic heterocycles.